The van der Waals surface area contributed by atoms with E-state index in [2.05, 4.69) is 0 Å². The SMILES string of the molecule is Nc1ccc2c(c1)Oc1cc(N)ccc1C2c1ccc(S(=O)(=O)O)cc1S(=O)(=O)O. The van der Waals surface area contributed by atoms with Crippen molar-refractivity contribution in [3.05, 3.63) is 71.3 Å². The Morgan fingerprint density at radius 1 is 0.700 bits per heavy atom. The third kappa shape index (κ3) is 3.48. The molecule has 3 aromatic carbocycles. The molecule has 0 aliphatic carbocycles. The van der Waals surface area contributed by atoms with Crippen molar-refractivity contribution in [1.29, 1.82) is 0 Å². The quantitative estimate of drug-likeness (QED) is 0.272. The van der Waals surface area contributed by atoms with Gasteiger partial charge >= 0.3 is 0 Å². The second-order valence-electron chi connectivity index (χ2n) is 6.78. The summed E-state index contributed by atoms with van der Waals surface area (Å²) in [7, 11) is -9.55. The molecule has 0 fully saturated rings. The molecule has 156 valence electrons. The lowest BCUT2D eigenvalue weighted by atomic mass is 9.82. The summed E-state index contributed by atoms with van der Waals surface area (Å²) in [5, 5.41) is 0. The zero-order chi connectivity index (χ0) is 21.8. The Hall–Kier alpha value is -3.12. The van der Waals surface area contributed by atoms with Gasteiger partial charge in [0.2, 0.25) is 0 Å². The summed E-state index contributed by atoms with van der Waals surface area (Å²) in [6.45, 7) is 0. The molecule has 9 nitrogen and oxygen atoms in total. The number of nitrogens with two attached hydrogens (primary N) is 2. The first-order valence-corrected chi connectivity index (χ1v) is 11.4. The third-order valence-electron chi connectivity index (χ3n) is 4.79. The van der Waals surface area contributed by atoms with Gasteiger partial charge < -0.3 is 16.2 Å². The molecule has 0 bridgehead atoms. The van der Waals surface area contributed by atoms with Crippen LogP contribution in [-0.4, -0.2) is 25.9 Å². The Kier molecular flexibility index (Phi) is 4.51. The highest BCUT2D eigenvalue weighted by Crippen LogP contribution is 2.49. The van der Waals surface area contributed by atoms with Gasteiger partial charge in [-0.1, -0.05) is 18.2 Å². The van der Waals surface area contributed by atoms with Crippen LogP contribution in [-0.2, 0) is 20.2 Å². The lowest BCUT2D eigenvalue weighted by Gasteiger charge is -2.30. The highest BCUT2D eigenvalue weighted by molar-refractivity contribution is 7.86. The van der Waals surface area contributed by atoms with Gasteiger partial charge in [0.25, 0.3) is 20.2 Å². The molecule has 6 N–H and O–H groups in total. The second-order valence-corrected chi connectivity index (χ2v) is 9.59. The number of anilines is 2. The van der Waals surface area contributed by atoms with E-state index in [4.69, 9.17) is 16.2 Å². The topological polar surface area (TPSA) is 170 Å². The van der Waals surface area contributed by atoms with Gasteiger partial charge in [-0.25, -0.2) is 0 Å². The number of benzene rings is 3. The van der Waals surface area contributed by atoms with Crippen molar-refractivity contribution in [1.82, 2.24) is 0 Å². The summed E-state index contributed by atoms with van der Waals surface area (Å²) in [6.07, 6.45) is 0. The van der Waals surface area contributed by atoms with Crippen LogP contribution in [0.3, 0.4) is 0 Å². The molecule has 0 amide bonds. The zero-order valence-electron chi connectivity index (χ0n) is 15.2. The smallest absolute Gasteiger partial charge is 0.294 e. The van der Waals surface area contributed by atoms with Crippen molar-refractivity contribution >= 4 is 31.6 Å². The average Bonchev–Trinajstić information content (AvgIpc) is 2.64. The van der Waals surface area contributed by atoms with E-state index in [9.17, 15) is 25.9 Å². The van der Waals surface area contributed by atoms with Crippen LogP contribution in [0, 0.1) is 0 Å². The van der Waals surface area contributed by atoms with Crippen LogP contribution in [0.4, 0.5) is 11.4 Å². The number of fused-ring (bicyclic) bond motifs is 2. The molecule has 0 saturated carbocycles. The van der Waals surface area contributed by atoms with Crippen LogP contribution in [0.5, 0.6) is 11.5 Å². The van der Waals surface area contributed by atoms with Crippen LogP contribution in [0.25, 0.3) is 0 Å². The number of hydrogen-bond acceptors (Lipinski definition) is 7. The molecule has 0 radical (unpaired) electrons. The molecule has 0 atom stereocenters. The largest absolute Gasteiger partial charge is 0.457 e. The van der Waals surface area contributed by atoms with E-state index in [0.29, 0.717) is 40.1 Å². The van der Waals surface area contributed by atoms with Gasteiger partial charge in [-0.05, 0) is 29.8 Å². The molecule has 0 saturated heterocycles. The Morgan fingerprint density at radius 2 is 1.20 bits per heavy atom. The Balaban J connectivity index is 2.06. The maximum Gasteiger partial charge on any atom is 0.294 e. The minimum atomic E-state index is -4.85. The van der Waals surface area contributed by atoms with Gasteiger partial charge in [0.05, 0.1) is 9.79 Å². The number of hydrogen-bond donors (Lipinski definition) is 4. The van der Waals surface area contributed by atoms with Gasteiger partial charge in [-0.2, -0.15) is 16.8 Å². The lowest BCUT2D eigenvalue weighted by molar-refractivity contribution is 0.451. The van der Waals surface area contributed by atoms with Crippen molar-refractivity contribution in [2.24, 2.45) is 0 Å². The molecule has 3 aromatic rings. The van der Waals surface area contributed by atoms with Gasteiger partial charge in [-0.15, -0.1) is 0 Å². The van der Waals surface area contributed by atoms with Gasteiger partial charge in [0.15, 0.2) is 0 Å². The van der Waals surface area contributed by atoms with E-state index in [0.717, 1.165) is 6.07 Å². The standard InChI is InChI=1S/C19H16N2O7S2/c20-10-1-4-13-16(7-10)28-17-8-11(21)2-5-14(17)19(13)15-6-3-12(29(22,23)24)9-18(15)30(25,26)27/h1-9,19H,20-21H2,(H,22,23,24)(H,25,26,27). The molecule has 0 unspecified atom stereocenters. The maximum atomic E-state index is 12.1. The number of nitrogen functional groups attached to an aromatic ring is 2. The molecule has 0 spiro atoms. The third-order valence-corrected chi connectivity index (χ3v) is 6.55. The van der Waals surface area contributed by atoms with Crippen molar-refractivity contribution < 1.29 is 30.7 Å². The number of ether oxygens (including phenoxy) is 1. The molecule has 1 aliphatic heterocycles. The second kappa shape index (κ2) is 6.71. The summed E-state index contributed by atoms with van der Waals surface area (Å²) in [5.41, 5.74) is 13.7. The van der Waals surface area contributed by atoms with Crippen LogP contribution in [0.1, 0.15) is 22.6 Å². The van der Waals surface area contributed by atoms with Crippen LogP contribution in [0.15, 0.2) is 64.4 Å². The molecule has 30 heavy (non-hydrogen) atoms. The Morgan fingerprint density at radius 3 is 1.67 bits per heavy atom. The predicted molar refractivity (Wildman–Crippen MR) is 109 cm³/mol. The van der Waals surface area contributed by atoms with Gasteiger partial charge in [-0.3, -0.25) is 9.11 Å². The van der Waals surface area contributed by atoms with E-state index in [-0.39, 0.29) is 5.56 Å². The molecular formula is C19H16N2O7S2. The van der Waals surface area contributed by atoms with E-state index >= 15 is 0 Å². The Bertz CT molecular complexity index is 1350. The van der Waals surface area contributed by atoms with Gasteiger partial charge in [0, 0.05) is 40.6 Å². The minimum Gasteiger partial charge on any atom is -0.457 e. The molecule has 1 heterocycles. The highest BCUT2D eigenvalue weighted by atomic mass is 32.2. The fraction of sp³-hybridized carbons (Fsp3) is 0.0526. The normalized spacial score (nSPS) is 13.9. The summed E-state index contributed by atoms with van der Waals surface area (Å²) < 4.78 is 72.2. The van der Waals surface area contributed by atoms with Crippen molar-refractivity contribution in [2.45, 2.75) is 15.7 Å². The van der Waals surface area contributed by atoms with Crippen molar-refractivity contribution in [3.63, 3.8) is 0 Å². The van der Waals surface area contributed by atoms with E-state index in [1.807, 2.05) is 0 Å². The molecule has 1 aliphatic rings. The zero-order valence-corrected chi connectivity index (χ0v) is 16.8. The molecule has 11 heteroatoms. The summed E-state index contributed by atoms with van der Waals surface area (Å²) in [6, 6.07) is 12.6. The fourth-order valence-corrected chi connectivity index (χ4v) is 4.85. The Labute approximate surface area is 172 Å². The average molecular weight is 448 g/mol. The summed E-state index contributed by atoms with van der Waals surface area (Å²) >= 11 is 0. The van der Waals surface area contributed by atoms with Crippen LogP contribution in [0.2, 0.25) is 0 Å². The van der Waals surface area contributed by atoms with E-state index in [1.165, 1.54) is 6.07 Å². The monoisotopic (exact) mass is 448 g/mol. The summed E-state index contributed by atoms with van der Waals surface area (Å²) in [4.78, 5) is -1.32. The van der Waals surface area contributed by atoms with Gasteiger partial charge in [0.1, 0.15) is 11.5 Å². The van der Waals surface area contributed by atoms with Crippen LogP contribution >= 0.6 is 0 Å². The summed E-state index contributed by atoms with van der Waals surface area (Å²) in [5.74, 6) is -0.0335. The predicted octanol–water partition coefficient (Wildman–Crippen LogP) is 2.63. The van der Waals surface area contributed by atoms with E-state index < -0.39 is 35.9 Å². The molecule has 4 rings (SSSR count). The molecular weight excluding hydrogens is 432 g/mol. The lowest BCUT2D eigenvalue weighted by Crippen LogP contribution is -2.16. The minimum absolute atomic E-state index is 0.0882. The molecule has 0 aromatic heterocycles. The highest BCUT2D eigenvalue weighted by Gasteiger charge is 2.33. The maximum absolute atomic E-state index is 12.1. The first-order chi connectivity index (χ1) is 13.9. The first-order valence-electron chi connectivity index (χ1n) is 8.51. The van der Waals surface area contributed by atoms with Crippen LogP contribution < -0.4 is 16.2 Å². The fourth-order valence-electron chi connectivity index (χ4n) is 3.51. The van der Waals surface area contributed by atoms with E-state index in [1.54, 1.807) is 36.4 Å². The number of rotatable bonds is 3. The van der Waals surface area contributed by atoms with Crippen molar-refractivity contribution in [3.8, 4) is 11.5 Å². The van der Waals surface area contributed by atoms with Crippen molar-refractivity contribution in [2.75, 3.05) is 11.5 Å². The first kappa shape index (κ1) is 20.2.